The maximum atomic E-state index is 11.2. The van der Waals surface area contributed by atoms with Crippen LogP contribution in [0.3, 0.4) is 0 Å². The summed E-state index contributed by atoms with van der Waals surface area (Å²) in [5, 5.41) is -3.10. The maximum Gasteiger partial charge on any atom is 0.341 e. The molecule has 1 atom stereocenters. The van der Waals surface area contributed by atoms with Gasteiger partial charge in [-0.25, -0.2) is 0 Å². The van der Waals surface area contributed by atoms with Crippen molar-refractivity contribution in [2.75, 3.05) is 0 Å². The lowest BCUT2D eigenvalue weighted by atomic mass is 10.1. The fourth-order valence-corrected chi connectivity index (χ4v) is 5.94. The highest BCUT2D eigenvalue weighted by atomic mass is 32.1. The molecule has 0 aliphatic rings. The van der Waals surface area contributed by atoms with Gasteiger partial charge in [-0.3, -0.25) is 9.13 Å². The smallest absolute Gasteiger partial charge is 0.324 e. The Hall–Kier alpha value is -0.130. The van der Waals surface area contributed by atoms with Crippen molar-refractivity contribution in [2.45, 2.75) is 29.9 Å². The van der Waals surface area contributed by atoms with Gasteiger partial charge >= 0.3 is 15.2 Å². The van der Waals surface area contributed by atoms with E-state index in [1.54, 1.807) is 0 Å². The van der Waals surface area contributed by atoms with Gasteiger partial charge in [-0.15, -0.1) is 0 Å². The van der Waals surface area contributed by atoms with E-state index in [1.165, 1.54) is 0 Å². The molecule has 0 bridgehead atoms. The molecule has 0 saturated heterocycles. The Kier molecular flexibility index (Phi) is 6.48. The van der Waals surface area contributed by atoms with E-state index in [0.29, 0.717) is 12.8 Å². The molecule has 0 aromatic heterocycles. The summed E-state index contributed by atoms with van der Waals surface area (Å²) in [4.78, 5) is 36.3. The standard InChI is InChI=1S/C11H18O6P2S/c12-18(13,14)11(19(15,16)17)10(20)8-4-7-9-5-2-1-3-6-9/h1-3,5-6,10-11,20H,4,7-8H2,(H2,12,13,14)(H2,15,16,17). The van der Waals surface area contributed by atoms with E-state index in [0.717, 1.165) is 5.56 Å². The zero-order valence-electron chi connectivity index (χ0n) is 10.6. The van der Waals surface area contributed by atoms with Crippen LogP contribution in [0.5, 0.6) is 0 Å². The predicted molar refractivity (Wildman–Crippen MR) is 80.0 cm³/mol. The summed E-state index contributed by atoms with van der Waals surface area (Å²) in [6, 6.07) is 9.46. The minimum absolute atomic E-state index is 0.207. The summed E-state index contributed by atoms with van der Waals surface area (Å²) in [6.07, 6.45) is 1.40. The molecule has 0 aliphatic carbocycles. The molecule has 0 saturated carbocycles. The normalized spacial score (nSPS) is 14.5. The van der Waals surface area contributed by atoms with Crippen LogP contribution in [0.4, 0.5) is 0 Å². The van der Waals surface area contributed by atoms with E-state index in [1.807, 2.05) is 30.3 Å². The van der Waals surface area contributed by atoms with Gasteiger partial charge in [-0.2, -0.15) is 12.6 Å². The SMILES string of the molecule is O=P(O)(O)C(C(S)CCCc1ccccc1)P(=O)(O)O. The fourth-order valence-electron chi connectivity index (χ4n) is 1.95. The summed E-state index contributed by atoms with van der Waals surface area (Å²) in [6.45, 7) is 0. The van der Waals surface area contributed by atoms with Crippen molar-refractivity contribution in [1.29, 1.82) is 0 Å². The number of benzene rings is 1. The highest BCUT2D eigenvalue weighted by Crippen LogP contribution is 2.62. The topological polar surface area (TPSA) is 115 Å². The molecule has 1 unspecified atom stereocenters. The number of thiol groups is 1. The number of hydrogen-bond acceptors (Lipinski definition) is 3. The monoisotopic (exact) mass is 340 g/mol. The molecule has 0 radical (unpaired) electrons. The van der Waals surface area contributed by atoms with Crippen LogP contribution >= 0.6 is 27.8 Å². The average Bonchev–Trinajstić information content (AvgIpc) is 2.26. The first-order valence-electron chi connectivity index (χ1n) is 5.95. The molecule has 20 heavy (non-hydrogen) atoms. The van der Waals surface area contributed by atoms with Crippen LogP contribution in [0.15, 0.2) is 30.3 Å². The van der Waals surface area contributed by atoms with E-state index in [4.69, 9.17) is 19.6 Å². The highest BCUT2D eigenvalue weighted by molar-refractivity contribution is 7.83. The molecule has 1 aromatic carbocycles. The van der Waals surface area contributed by atoms with Gasteiger partial charge in [0.2, 0.25) is 0 Å². The van der Waals surface area contributed by atoms with Gasteiger partial charge in [0.1, 0.15) is 0 Å². The summed E-state index contributed by atoms with van der Waals surface area (Å²) < 4.78 is 22.4. The van der Waals surface area contributed by atoms with Crippen molar-refractivity contribution in [1.82, 2.24) is 0 Å². The maximum absolute atomic E-state index is 11.2. The first-order valence-corrected chi connectivity index (χ1v) is 9.83. The largest absolute Gasteiger partial charge is 0.341 e. The zero-order valence-corrected chi connectivity index (χ0v) is 13.3. The van der Waals surface area contributed by atoms with Crippen molar-refractivity contribution in [3.63, 3.8) is 0 Å². The van der Waals surface area contributed by atoms with Gasteiger partial charge in [0.15, 0.2) is 5.40 Å². The van der Waals surface area contributed by atoms with Crippen molar-refractivity contribution < 1.29 is 28.7 Å². The Labute approximate surface area is 123 Å². The first kappa shape index (κ1) is 17.9. The molecule has 1 aromatic rings. The molecule has 0 amide bonds. The van der Waals surface area contributed by atoms with E-state index in [2.05, 4.69) is 12.6 Å². The second-order valence-electron chi connectivity index (χ2n) is 4.54. The Morgan fingerprint density at radius 3 is 1.95 bits per heavy atom. The molecule has 114 valence electrons. The van der Waals surface area contributed by atoms with Crippen LogP contribution in [-0.2, 0) is 15.6 Å². The summed E-state index contributed by atoms with van der Waals surface area (Å²) in [5.41, 5.74) is 1.05. The molecule has 6 nitrogen and oxygen atoms in total. The van der Waals surface area contributed by atoms with Crippen molar-refractivity contribution in [3.8, 4) is 0 Å². The number of rotatable bonds is 7. The van der Waals surface area contributed by atoms with Crippen molar-refractivity contribution in [3.05, 3.63) is 35.9 Å². The number of hydrogen-bond donors (Lipinski definition) is 5. The Bertz CT molecular complexity index is 489. The molecule has 9 heteroatoms. The lowest BCUT2D eigenvalue weighted by molar-refractivity contribution is 0.335. The third kappa shape index (κ3) is 5.70. The van der Waals surface area contributed by atoms with Crippen LogP contribution in [0.2, 0.25) is 0 Å². The van der Waals surface area contributed by atoms with E-state index in [-0.39, 0.29) is 6.42 Å². The van der Waals surface area contributed by atoms with Crippen LogP contribution in [0.1, 0.15) is 18.4 Å². The minimum Gasteiger partial charge on any atom is -0.324 e. The first-order chi connectivity index (χ1) is 9.12. The van der Waals surface area contributed by atoms with Crippen LogP contribution in [0, 0.1) is 0 Å². The molecule has 4 N–H and O–H groups in total. The fraction of sp³-hybridized carbons (Fsp3) is 0.455. The molecule has 1 rings (SSSR count). The third-order valence-corrected chi connectivity index (χ3v) is 7.77. The lowest BCUT2D eigenvalue weighted by Crippen LogP contribution is -2.22. The lowest BCUT2D eigenvalue weighted by Gasteiger charge is -2.24. The van der Waals surface area contributed by atoms with Crippen LogP contribution in [0.25, 0.3) is 0 Å². The predicted octanol–water partition coefficient (Wildman–Crippen LogP) is 1.99. The van der Waals surface area contributed by atoms with E-state index in [9.17, 15) is 9.13 Å². The summed E-state index contributed by atoms with van der Waals surface area (Å²) in [7, 11) is -9.81. The second kappa shape index (κ2) is 7.23. The van der Waals surface area contributed by atoms with Gasteiger partial charge in [-0.1, -0.05) is 30.3 Å². The van der Waals surface area contributed by atoms with E-state index >= 15 is 0 Å². The van der Waals surface area contributed by atoms with E-state index < -0.39 is 25.8 Å². The Morgan fingerprint density at radius 1 is 1.00 bits per heavy atom. The minimum atomic E-state index is -4.91. The van der Waals surface area contributed by atoms with Gasteiger partial charge in [0, 0.05) is 5.25 Å². The van der Waals surface area contributed by atoms with Gasteiger partial charge < -0.3 is 19.6 Å². The molecular formula is C11H18O6P2S. The number of aryl methyl sites for hydroxylation is 1. The molecule has 0 aliphatic heterocycles. The molecule has 0 fully saturated rings. The van der Waals surface area contributed by atoms with Crippen molar-refractivity contribution >= 4 is 27.8 Å². The molecule has 0 heterocycles. The molecular weight excluding hydrogens is 322 g/mol. The highest BCUT2D eigenvalue weighted by Gasteiger charge is 2.47. The van der Waals surface area contributed by atoms with Gasteiger partial charge in [0.05, 0.1) is 0 Å². The van der Waals surface area contributed by atoms with Crippen molar-refractivity contribution in [2.24, 2.45) is 0 Å². The quantitative estimate of drug-likeness (QED) is 0.383. The summed E-state index contributed by atoms with van der Waals surface area (Å²) >= 11 is 3.97. The third-order valence-electron chi connectivity index (χ3n) is 2.84. The van der Waals surface area contributed by atoms with Crippen LogP contribution in [-0.4, -0.2) is 30.2 Å². The average molecular weight is 340 g/mol. The Balaban J connectivity index is 2.62. The Morgan fingerprint density at radius 2 is 1.50 bits per heavy atom. The second-order valence-corrected chi connectivity index (χ2v) is 9.08. The summed E-state index contributed by atoms with van der Waals surface area (Å²) in [5.74, 6) is 0. The van der Waals surface area contributed by atoms with Gasteiger partial charge in [0.25, 0.3) is 0 Å². The zero-order chi connectivity index (χ0) is 15.4. The van der Waals surface area contributed by atoms with Crippen LogP contribution < -0.4 is 0 Å². The molecule has 0 spiro atoms. The van der Waals surface area contributed by atoms with Gasteiger partial charge in [-0.05, 0) is 24.8 Å².